The molecule has 3 aromatic rings. The maximum atomic E-state index is 12.5. The zero-order chi connectivity index (χ0) is 23.3. The summed E-state index contributed by atoms with van der Waals surface area (Å²) >= 11 is 0. The first-order valence-corrected chi connectivity index (χ1v) is 10.2. The molecule has 3 amide bonds. The van der Waals surface area contributed by atoms with Gasteiger partial charge in [0.25, 0.3) is 5.91 Å². The summed E-state index contributed by atoms with van der Waals surface area (Å²) < 4.78 is 12.0. The van der Waals surface area contributed by atoms with E-state index in [0.29, 0.717) is 48.5 Å². The number of alkyl carbamates (subject to hydrolysis) is 1. The smallest absolute Gasteiger partial charge is 0.407 e. The van der Waals surface area contributed by atoms with Gasteiger partial charge in [0.05, 0.1) is 22.9 Å². The van der Waals surface area contributed by atoms with Crippen LogP contribution in [-0.4, -0.2) is 39.6 Å². The SMILES string of the molecule is CC(C)(C)OC(=O)NCCCCn1c(NC(=O)c2ccoc2)nc2cc(C(N)=O)ccc21. The number of fused-ring (bicyclic) bond motifs is 1. The first-order chi connectivity index (χ1) is 15.1. The topological polar surface area (TPSA) is 141 Å². The highest BCUT2D eigenvalue weighted by Crippen LogP contribution is 2.22. The highest BCUT2D eigenvalue weighted by molar-refractivity contribution is 6.04. The van der Waals surface area contributed by atoms with Crippen molar-refractivity contribution in [2.24, 2.45) is 5.73 Å². The number of aromatic nitrogens is 2. The lowest BCUT2D eigenvalue weighted by molar-refractivity contribution is 0.0526. The summed E-state index contributed by atoms with van der Waals surface area (Å²) in [5, 5.41) is 5.51. The zero-order valence-electron chi connectivity index (χ0n) is 18.3. The second-order valence-corrected chi connectivity index (χ2v) is 8.26. The second kappa shape index (κ2) is 9.54. The van der Waals surface area contributed by atoms with Crippen LogP contribution in [0.4, 0.5) is 10.7 Å². The molecule has 4 N–H and O–H groups in total. The highest BCUT2D eigenvalue weighted by Gasteiger charge is 2.17. The number of amides is 3. The molecule has 170 valence electrons. The molecular formula is C22H27N5O5. The number of primary amides is 1. The number of unbranched alkanes of at least 4 members (excludes halogenated alkanes) is 1. The third-order valence-electron chi connectivity index (χ3n) is 4.52. The van der Waals surface area contributed by atoms with Gasteiger partial charge >= 0.3 is 6.09 Å². The molecular weight excluding hydrogens is 414 g/mol. The summed E-state index contributed by atoms with van der Waals surface area (Å²) in [6, 6.07) is 6.51. The van der Waals surface area contributed by atoms with Gasteiger partial charge in [-0.15, -0.1) is 0 Å². The Balaban J connectivity index is 1.71. The number of hydrogen-bond acceptors (Lipinski definition) is 6. The lowest BCUT2D eigenvalue weighted by Crippen LogP contribution is -2.33. The maximum Gasteiger partial charge on any atom is 0.407 e. The molecule has 1 aromatic carbocycles. The van der Waals surface area contributed by atoms with Gasteiger partial charge in [0.2, 0.25) is 11.9 Å². The number of hydrogen-bond donors (Lipinski definition) is 3. The normalized spacial score (nSPS) is 11.3. The third kappa shape index (κ3) is 5.87. The summed E-state index contributed by atoms with van der Waals surface area (Å²) in [4.78, 5) is 40.2. The average molecular weight is 441 g/mol. The maximum absolute atomic E-state index is 12.5. The number of ether oxygens (including phenoxy) is 1. The van der Waals surface area contributed by atoms with Crippen molar-refractivity contribution in [1.29, 1.82) is 0 Å². The number of nitrogens with two attached hydrogens (primary N) is 1. The Kier molecular flexibility index (Phi) is 6.82. The van der Waals surface area contributed by atoms with Crippen LogP contribution in [0.15, 0.2) is 41.2 Å². The highest BCUT2D eigenvalue weighted by atomic mass is 16.6. The Morgan fingerprint density at radius 1 is 1.16 bits per heavy atom. The number of imidazole rings is 1. The van der Waals surface area contributed by atoms with E-state index in [1.54, 1.807) is 45.0 Å². The van der Waals surface area contributed by atoms with Crippen LogP contribution in [0.5, 0.6) is 0 Å². The minimum absolute atomic E-state index is 0.330. The van der Waals surface area contributed by atoms with Gasteiger partial charge in [-0.2, -0.15) is 0 Å². The second-order valence-electron chi connectivity index (χ2n) is 8.26. The molecule has 10 heteroatoms. The first kappa shape index (κ1) is 22.9. The molecule has 0 aliphatic carbocycles. The Labute approximate surface area is 185 Å². The van der Waals surface area contributed by atoms with Gasteiger partial charge in [-0.05, 0) is 57.9 Å². The van der Waals surface area contributed by atoms with Crippen molar-refractivity contribution in [3.05, 3.63) is 47.9 Å². The van der Waals surface area contributed by atoms with Gasteiger partial charge in [0.1, 0.15) is 11.9 Å². The monoisotopic (exact) mass is 441 g/mol. The van der Waals surface area contributed by atoms with Gasteiger partial charge in [0.15, 0.2) is 0 Å². The van der Waals surface area contributed by atoms with Crippen molar-refractivity contribution in [2.75, 3.05) is 11.9 Å². The number of rotatable bonds is 8. The first-order valence-electron chi connectivity index (χ1n) is 10.2. The number of nitrogens with zero attached hydrogens (tertiary/aromatic N) is 2. The van der Waals surface area contributed by atoms with E-state index in [1.165, 1.54) is 12.5 Å². The van der Waals surface area contributed by atoms with Crippen LogP contribution in [0.25, 0.3) is 11.0 Å². The number of benzene rings is 1. The van der Waals surface area contributed by atoms with Crippen molar-refractivity contribution in [2.45, 2.75) is 45.8 Å². The van der Waals surface area contributed by atoms with Crippen LogP contribution in [0.1, 0.15) is 54.3 Å². The number of carbonyl (C=O) groups excluding carboxylic acids is 3. The summed E-state index contributed by atoms with van der Waals surface area (Å²) in [6.07, 6.45) is 3.68. The summed E-state index contributed by atoms with van der Waals surface area (Å²) in [6.45, 7) is 6.40. The average Bonchev–Trinajstić information content (AvgIpc) is 3.34. The quantitative estimate of drug-likeness (QED) is 0.458. The molecule has 0 aliphatic heterocycles. The minimum atomic E-state index is -0.557. The van der Waals surface area contributed by atoms with E-state index in [2.05, 4.69) is 15.6 Å². The molecule has 0 saturated carbocycles. The molecule has 0 unspecified atom stereocenters. The van der Waals surface area contributed by atoms with Gasteiger partial charge in [-0.3, -0.25) is 14.9 Å². The molecule has 2 heterocycles. The van der Waals surface area contributed by atoms with Crippen molar-refractivity contribution in [3.63, 3.8) is 0 Å². The summed E-state index contributed by atoms with van der Waals surface area (Å²) in [5.74, 6) is -0.580. The van der Waals surface area contributed by atoms with Crippen molar-refractivity contribution in [1.82, 2.24) is 14.9 Å². The van der Waals surface area contributed by atoms with E-state index < -0.39 is 17.6 Å². The van der Waals surface area contributed by atoms with E-state index in [-0.39, 0.29) is 5.91 Å². The van der Waals surface area contributed by atoms with E-state index in [0.717, 1.165) is 5.52 Å². The van der Waals surface area contributed by atoms with Crippen LogP contribution < -0.4 is 16.4 Å². The Hall–Kier alpha value is -3.82. The molecule has 0 spiro atoms. The molecule has 10 nitrogen and oxygen atoms in total. The lowest BCUT2D eigenvalue weighted by atomic mass is 10.2. The van der Waals surface area contributed by atoms with Gasteiger partial charge in [0, 0.05) is 18.7 Å². The minimum Gasteiger partial charge on any atom is -0.472 e. The van der Waals surface area contributed by atoms with E-state index >= 15 is 0 Å². The molecule has 0 bridgehead atoms. The van der Waals surface area contributed by atoms with Gasteiger partial charge in [-0.25, -0.2) is 9.78 Å². The Morgan fingerprint density at radius 2 is 1.94 bits per heavy atom. The van der Waals surface area contributed by atoms with Crippen LogP contribution in [0.2, 0.25) is 0 Å². The predicted octanol–water partition coefficient (Wildman–Crippen LogP) is 3.29. The van der Waals surface area contributed by atoms with Crippen LogP contribution >= 0.6 is 0 Å². The fraction of sp³-hybridized carbons (Fsp3) is 0.364. The number of aryl methyl sites for hydroxylation is 1. The number of furan rings is 1. The Bertz CT molecular complexity index is 1110. The summed E-state index contributed by atoms with van der Waals surface area (Å²) in [5.41, 5.74) is 6.80. The molecule has 3 rings (SSSR count). The van der Waals surface area contributed by atoms with Crippen molar-refractivity contribution in [3.8, 4) is 0 Å². The standard InChI is InChI=1S/C22H27N5O5/c1-22(2,3)32-21(30)24-9-4-5-10-27-17-7-6-14(18(23)28)12-16(17)25-20(27)26-19(29)15-8-11-31-13-15/h6-8,11-13H,4-5,9-10H2,1-3H3,(H2,23,28)(H,24,30)(H,25,26,29). The third-order valence-corrected chi connectivity index (χ3v) is 4.52. The van der Waals surface area contributed by atoms with Crippen LogP contribution in [0.3, 0.4) is 0 Å². The fourth-order valence-electron chi connectivity index (χ4n) is 3.07. The largest absolute Gasteiger partial charge is 0.472 e. The molecule has 0 aliphatic rings. The summed E-state index contributed by atoms with van der Waals surface area (Å²) in [7, 11) is 0. The molecule has 32 heavy (non-hydrogen) atoms. The molecule has 0 fully saturated rings. The van der Waals surface area contributed by atoms with E-state index in [1.807, 2.05) is 4.57 Å². The van der Waals surface area contributed by atoms with Gasteiger partial charge in [-0.1, -0.05) is 0 Å². The Morgan fingerprint density at radius 3 is 2.59 bits per heavy atom. The molecule has 0 atom stereocenters. The van der Waals surface area contributed by atoms with Crippen molar-refractivity contribution < 1.29 is 23.5 Å². The molecule has 2 aromatic heterocycles. The molecule has 0 radical (unpaired) electrons. The lowest BCUT2D eigenvalue weighted by Gasteiger charge is -2.19. The zero-order valence-corrected chi connectivity index (χ0v) is 18.3. The van der Waals surface area contributed by atoms with Gasteiger partial charge < -0.3 is 24.8 Å². The predicted molar refractivity (Wildman–Crippen MR) is 118 cm³/mol. The number of anilines is 1. The van der Waals surface area contributed by atoms with E-state index in [4.69, 9.17) is 14.9 Å². The fourth-order valence-corrected chi connectivity index (χ4v) is 3.07. The molecule has 0 saturated heterocycles. The van der Waals surface area contributed by atoms with Crippen molar-refractivity contribution >= 4 is 34.9 Å². The van der Waals surface area contributed by atoms with Crippen LogP contribution in [0, 0.1) is 0 Å². The van der Waals surface area contributed by atoms with Crippen LogP contribution in [-0.2, 0) is 11.3 Å². The number of nitrogens with one attached hydrogen (secondary N) is 2. The number of carbonyl (C=O) groups is 3. The van der Waals surface area contributed by atoms with E-state index in [9.17, 15) is 14.4 Å².